The molecule has 0 aliphatic rings. The van der Waals surface area contributed by atoms with E-state index in [0.717, 1.165) is 11.9 Å². The van der Waals surface area contributed by atoms with Crippen molar-refractivity contribution in [1.29, 1.82) is 0 Å². The molecule has 0 aliphatic heterocycles. The zero-order chi connectivity index (χ0) is 15.6. The fourth-order valence-electron chi connectivity index (χ4n) is 1.65. The summed E-state index contributed by atoms with van der Waals surface area (Å²) in [6, 6.07) is 3.79. The Hall–Kier alpha value is -1.48. The average molecular weight is 381 g/mol. The fraction of sp³-hybridized carbons (Fsp3) is 0.167. The van der Waals surface area contributed by atoms with Crippen LogP contribution in [-0.2, 0) is 0 Å². The Morgan fingerprint density at radius 3 is 2.71 bits per heavy atom. The molecule has 0 saturated carbocycles. The number of hydrogen-bond acceptors (Lipinski definition) is 4. The highest BCUT2D eigenvalue weighted by Crippen LogP contribution is 2.31. The zero-order valence-electron chi connectivity index (χ0n) is 10.5. The van der Waals surface area contributed by atoms with E-state index in [9.17, 15) is 18.0 Å². The zero-order valence-corrected chi connectivity index (χ0v) is 12.9. The van der Waals surface area contributed by atoms with Gasteiger partial charge in [0.25, 0.3) is 5.91 Å². The number of hydrogen-bond donors (Lipinski definition) is 1. The molecule has 0 fully saturated rings. The van der Waals surface area contributed by atoms with Crippen LogP contribution in [0.4, 0.5) is 13.2 Å². The van der Waals surface area contributed by atoms with Crippen LogP contribution in [0, 0.1) is 0 Å². The molecule has 0 spiro atoms. The summed E-state index contributed by atoms with van der Waals surface area (Å²) in [6.07, 6.45) is -1.75. The Morgan fingerprint density at radius 2 is 2.10 bits per heavy atom. The van der Waals surface area contributed by atoms with Crippen LogP contribution in [0.15, 0.2) is 28.9 Å². The van der Waals surface area contributed by atoms with Gasteiger partial charge in [-0.25, -0.2) is 0 Å². The molecule has 0 aliphatic carbocycles. The van der Waals surface area contributed by atoms with Crippen molar-refractivity contribution in [2.45, 2.75) is 6.36 Å². The van der Waals surface area contributed by atoms with Gasteiger partial charge in [0.15, 0.2) is 0 Å². The summed E-state index contributed by atoms with van der Waals surface area (Å²) in [5, 5.41) is 0.359. The number of halogens is 4. The van der Waals surface area contributed by atoms with Gasteiger partial charge in [0.1, 0.15) is 5.75 Å². The van der Waals surface area contributed by atoms with Crippen molar-refractivity contribution in [1.82, 2.24) is 9.71 Å². The Morgan fingerprint density at radius 1 is 1.38 bits per heavy atom. The van der Waals surface area contributed by atoms with Gasteiger partial charge >= 0.3 is 6.36 Å². The number of nitrogens with one attached hydrogen (secondary N) is 1. The molecule has 0 atom stereocenters. The highest BCUT2D eigenvalue weighted by molar-refractivity contribution is 9.10. The number of amides is 1. The lowest BCUT2D eigenvalue weighted by molar-refractivity contribution is -0.274. The molecular weight excluding hydrogens is 373 g/mol. The van der Waals surface area contributed by atoms with E-state index in [4.69, 9.17) is 0 Å². The number of carbonyl (C=O) groups is 1. The van der Waals surface area contributed by atoms with Crippen LogP contribution in [0.5, 0.6) is 5.75 Å². The number of fused-ring (bicyclic) bond motifs is 1. The van der Waals surface area contributed by atoms with Gasteiger partial charge in [0.05, 0.1) is 11.1 Å². The third-order valence-corrected chi connectivity index (χ3v) is 3.39. The van der Waals surface area contributed by atoms with E-state index in [0.29, 0.717) is 15.4 Å². The minimum atomic E-state index is -4.78. The van der Waals surface area contributed by atoms with Crippen molar-refractivity contribution in [3.05, 3.63) is 34.4 Å². The average Bonchev–Trinajstić information content (AvgIpc) is 2.36. The molecule has 112 valence electrons. The molecule has 1 aromatic carbocycles. The molecule has 1 aromatic heterocycles. The number of aromatic nitrogens is 1. The molecule has 2 rings (SSSR count). The van der Waals surface area contributed by atoms with Crippen LogP contribution >= 0.6 is 27.9 Å². The Balaban J connectivity index is 2.47. The van der Waals surface area contributed by atoms with E-state index in [1.54, 1.807) is 6.26 Å². The maximum atomic E-state index is 12.3. The number of rotatable bonds is 3. The lowest BCUT2D eigenvalue weighted by Gasteiger charge is -2.11. The SMILES string of the molecule is CSNC(=O)c1cnc2c(Br)cc(OC(F)(F)F)cc2c1. The first kappa shape index (κ1) is 15.9. The molecule has 0 radical (unpaired) electrons. The molecule has 0 bridgehead atoms. The first-order valence-electron chi connectivity index (χ1n) is 5.48. The van der Waals surface area contributed by atoms with Crippen LogP contribution in [0.1, 0.15) is 10.4 Å². The molecule has 2 aromatic rings. The number of nitrogens with zero attached hydrogens (tertiary/aromatic N) is 1. The van der Waals surface area contributed by atoms with Crippen LogP contribution in [0.3, 0.4) is 0 Å². The third kappa shape index (κ3) is 4.01. The highest BCUT2D eigenvalue weighted by Gasteiger charge is 2.31. The van der Waals surface area contributed by atoms with Gasteiger partial charge in [0, 0.05) is 22.3 Å². The molecule has 4 nitrogen and oxygen atoms in total. The smallest absolute Gasteiger partial charge is 0.406 e. The lowest BCUT2D eigenvalue weighted by atomic mass is 10.1. The maximum absolute atomic E-state index is 12.3. The fourth-order valence-corrected chi connectivity index (χ4v) is 2.51. The first-order valence-corrected chi connectivity index (χ1v) is 7.50. The first-order chi connectivity index (χ1) is 9.80. The van der Waals surface area contributed by atoms with Crippen molar-refractivity contribution < 1.29 is 22.7 Å². The second kappa shape index (κ2) is 6.10. The van der Waals surface area contributed by atoms with Crippen LogP contribution < -0.4 is 9.46 Å². The van der Waals surface area contributed by atoms with Crippen molar-refractivity contribution in [2.24, 2.45) is 0 Å². The summed E-state index contributed by atoms with van der Waals surface area (Å²) in [5.41, 5.74) is 0.679. The molecule has 1 amide bonds. The van der Waals surface area contributed by atoms with Gasteiger partial charge in [-0.3, -0.25) is 14.5 Å². The van der Waals surface area contributed by atoms with E-state index < -0.39 is 6.36 Å². The van der Waals surface area contributed by atoms with E-state index >= 15 is 0 Å². The number of benzene rings is 1. The van der Waals surface area contributed by atoms with Gasteiger partial charge in [-0.15, -0.1) is 13.2 Å². The topological polar surface area (TPSA) is 51.2 Å². The number of carbonyl (C=O) groups excluding carboxylic acids is 1. The Kier molecular flexibility index (Phi) is 4.62. The largest absolute Gasteiger partial charge is 0.573 e. The number of ether oxygens (including phenoxy) is 1. The van der Waals surface area contributed by atoms with Gasteiger partial charge in [-0.2, -0.15) is 0 Å². The van der Waals surface area contributed by atoms with E-state index in [1.807, 2.05) is 0 Å². The van der Waals surface area contributed by atoms with Crippen molar-refractivity contribution in [3.8, 4) is 5.75 Å². The van der Waals surface area contributed by atoms with Crippen LogP contribution in [0.2, 0.25) is 0 Å². The van der Waals surface area contributed by atoms with Gasteiger partial charge in [0.2, 0.25) is 0 Å². The van der Waals surface area contributed by atoms with Crippen LogP contribution in [-0.4, -0.2) is 23.5 Å². The summed E-state index contributed by atoms with van der Waals surface area (Å²) in [6.45, 7) is 0. The maximum Gasteiger partial charge on any atom is 0.573 e. The quantitative estimate of drug-likeness (QED) is 0.820. The van der Waals surface area contributed by atoms with Gasteiger partial charge in [-0.1, -0.05) is 11.9 Å². The second-order valence-corrected chi connectivity index (χ2v) is 5.35. The van der Waals surface area contributed by atoms with Crippen molar-refractivity contribution in [2.75, 3.05) is 6.26 Å². The predicted molar refractivity (Wildman–Crippen MR) is 77.1 cm³/mol. The van der Waals surface area contributed by atoms with Crippen molar-refractivity contribution in [3.63, 3.8) is 0 Å². The third-order valence-electron chi connectivity index (χ3n) is 2.40. The normalized spacial score (nSPS) is 11.5. The molecule has 0 saturated heterocycles. The second-order valence-electron chi connectivity index (χ2n) is 3.88. The highest BCUT2D eigenvalue weighted by atomic mass is 79.9. The van der Waals surface area contributed by atoms with E-state index in [-0.39, 0.29) is 17.2 Å². The van der Waals surface area contributed by atoms with E-state index in [1.165, 1.54) is 24.4 Å². The standard InChI is InChI=1S/C12H8BrF3N2O2S/c1-21-18-11(19)7-2-6-3-8(20-12(14,15)16)4-9(13)10(6)17-5-7/h2-5H,1H3,(H,18,19). The summed E-state index contributed by atoms with van der Waals surface area (Å²) in [5.74, 6) is -0.763. The van der Waals surface area contributed by atoms with Crippen molar-refractivity contribution >= 4 is 44.7 Å². The number of alkyl halides is 3. The predicted octanol–water partition coefficient (Wildman–Crippen LogP) is 3.90. The molecule has 1 heterocycles. The van der Waals surface area contributed by atoms with Gasteiger partial charge < -0.3 is 4.74 Å². The monoisotopic (exact) mass is 380 g/mol. The minimum absolute atomic E-state index is 0.243. The number of pyridine rings is 1. The van der Waals surface area contributed by atoms with Gasteiger partial charge in [-0.05, 0) is 34.1 Å². The Bertz CT molecular complexity index is 694. The summed E-state index contributed by atoms with van der Waals surface area (Å²) < 4.78 is 43.5. The van der Waals surface area contributed by atoms with E-state index in [2.05, 4.69) is 30.4 Å². The molecule has 0 unspecified atom stereocenters. The summed E-state index contributed by atoms with van der Waals surface area (Å²) in [7, 11) is 0. The minimum Gasteiger partial charge on any atom is -0.406 e. The molecule has 1 N–H and O–H groups in total. The molecular formula is C12H8BrF3N2O2S. The lowest BCUT2D eigenvalue weighted by Crippen LogP contribution is -2.17. The molecule has 9 heteroatoms. The summed E-state index contributed by atoms with van der Waals surface area (Å²) in [4.78, 5) is 15.8. The summed E-state index contributed by atoms with van der Waals surface area (Å²) >= 11 is 4.25. The molecule has 21 heavy (non-hydrogen) atoms. The van der Waals surface area contributed by atoms with Crippen LogP contribution in [0.25, 0.3) is 10.9 Å². The Labute approximate surface area is 130 Å².